The molecule has 0 aliphatic carbocycles. The van der Waals surface area contributed by atoms with Crippen molar-refractivity contribution in [3.63, 3.8) is 0 Å². The second-order valence-corrected chi connectivity index (χ2v) is 16.0. The van der Waals surface area contributed by atoms with Gasteiger partial charge in [-0.1, -0.05) is 146 Å². The minimum atomic E-state index is 1.11. The van der Waals surface area contributed by atoms with Gasteiger partial charge in [0, 0.05) is 53.1 Å². The Kier molecular flexibility index (Phi) is 7.13. The van der Waals surface area contributed by atoms with E-state index in [1.807, 2.05) is 11.3 Å². The van der Waals surface area contributed by atoms with Gasteiger partial charge in [0.05, 0.1) is 22.4 Å². The lowest BCUT2D eigenvalue weighted by molar-refractivity contribution is 1.19. The lowest BCUT2D eigenvalue weighted by atomic mass is 10.0. The lowest BCUT2D eigenvalue weighted by Gasteiger charge is -2.28. The monoisotopic (exact) mass is 742 g/mol. The molecule has 2 heterocycles. The summed E-state index contributed by atoms with van der Waals surface area (Å²) in [7, 11) is 0. The van der Waals surface area contributed by atoms with Gasteiger partial charge in [-0.2, -0.15) is 0 Å². The van der Waals surface area contributed by atoms with E-state index in [9.17, 15) is 0 Å². The van der Waals surface area contributed by atoms with Crippen molar-refractivity contribution in [3.05, 3.63) is 206 Å². The zero-order valence-corrected chi connectivity index (χ0v) is 31.7. The number of hydrogen-bond donors (Lipinski definition) is 0. The Morgan fingerprint density at radius 3 is 1.68 bits per heavy atom. The Morgan fingerprint density at radius 1 is 0.351 bits per heavy atom. The van der Waals surface area contributed by atoms with Crippen LogP contribution >= 0.6 is 11.3 Å². The third kappa shape index (κ3) is 5.03. The normalized spacial score (nSPS) is 11.9. The van der Waals surface area contributed by atoms with E-state index >= 15 is 0 Å². The van der Waals surface area contributed by atoms with Crippen LogP contribution in [-0.4, -0.2) is 4.57 Å². The van der Waals surface area contributed by atoms with E-state index in [2.05, 4.69) is 216 Å². The molecule has 0 saturated carbocycles. The van der Waals surface area contributed by atoms with Crippen molar-refractivity contribution in [2.75, 3.05) is 4.90 Å². The van der Waals surface area contributed by atoms with Crippen LogP contribution in [0.5, 0.6) is 0 Å². The zero-order valence-electron chi connectivity index (χ0n) is 30.9. The largest absolute Gasteiger partial charge is 0.309 e. The van der Waals surface area contributed by atoms with Crippen LogP contribution in [0.4, 0.5) is 17.1 Å². The Labute approximate surface area is 333 Å². The van der Waals surface area contributed by atoms with Gasteiger partial charge in [-0.05, 0) is 93.3 Å². The molecule has 0 aliphatic rings. The van der Waals surface area contributed by atoms with Crippen molar-refractivity contribution < 1.29 is 0 Å². The molecule has 0 bridgehead atoms. The molecule has 12 rings (SSSR count). The molecule has 0 unspecified atom stereocenters. The number of fused-ring (bicyclic) bond motifs is 10. The van der Waals surface area contributed by atoms with Crippen molar-refractivity contribution in [1.29, 1.82) is 0 Å². The number of anilines is 3. The molecule has 2 nitrogen and oxygen atoms in total. The van der Waals surface area contributed by atoms with Gasteiger partial charge in [-0.3, -0.25) is 0 Å². The Bertz CT molecular complexity index is 3460. The first-order valence-electron chi connectivity index (χ1n) is 19.5. The first-order chi connectivity index (χ1) is 28.3. The zero-order chi connectivity index (χ0) is 37.5. The fourth-order valence-electron chi connectivity index (χ4n) is 9.14. The Morgan fingerprint density at radius 2 is 0.930 bits per heavy atom. The summed E-state index contributed by atoms with van der Waals surface area (Å²) < 4.78 is 5.10. The maximum atomic E-state index is 2.46. The van der Waals surface area contributed by atoms with Gasteiger partial charge in [0.2, 0.25) is 0 Å². The van der Waals surface area contributed by atoms with Crippen LogP contribution in [0.1, 0.15) is 0 Å². The van der Waals surface area contributed by atoms with Gasteiger partial charge in [0.25, 0.3) is 0 Å². The molecular weight excluding hydrogens is 709 g/mol. The predicted octanol–water partition coefficient (Wildman–Crippen LogP) is 15.7. The third-order valence-electron chi connectivity index (χ3n) is 11.7. The average Bonchev–Trinajstić information content (AvgIpc) is 3.82. The lowest BCUT2D eigenvalue weighted by Crippen LogP contribution is -2.11. The van der Waals surface area contributed by atoms with Crippen LogP contribution < -0.4 is 4.90 Å². The van der Waals surface area contributed by atoms with Crippen molar-refractivity contribution >= 4 is 103 Å². The van der Waals surface area contributed by atoms with Crippen molar-refractivity contribution in [3.8, 4) is 16.8 Å². The first kappa shape index (κ1) is 32.1. The number of nitrogens with zero attached hydrogens (tertiary/aromatic N) is 2. The summed E-state index contributed by atoms with van der Waals surface area (Å²) in [6.45, 7) is 0. The molecule has 0 fully saturated rings. The number of benzene rings is 10. The van der Waals surface area contributed by atoms with E-state index in [4.69, 9.17) is 0 Å². The summed E-state index contributed by atoms with van der Waals surface area (Å²) in [4.78, 5) is 2.44. The number of hydrogen-bond acceptors (Lipinski definition) is 2. The summed E-state index contributed by atoms with van der Waals surface area (Å²) in [5, 5.41) is 12.6. The fourth-order valence-corrected chi connectivity index (χ4v) is 10.2. The average molecular weight is 743 g/mol. The standard InChI is InChI=1S/C54H34N2S/c1-4-19-42-35(12-1)15-10-24-48(42)55(49-25-11-16-36-13-2-5-20-43(36)49)40-18-9-17-38(32-40)39-26-29-46-45-22-7-8-23-50(45)56(51(46)33-39)41-28-31-52-47(34-41)54-44-21-6-3-14-37(44)27-30-53(54)57-52/h1-34H. The van der Waals surface area contributed by atoms with Crippen LogP contribution in [-0.2, 0) is 0 Å². The van der Waals surface area contributed by atoms with E-state index in [1.165, 1.54) is 91.1 Å². The molecule has 0 spiro atoms. The van der Waals surface area contributed by atoms with Gasteiger partial charge in [0.1, 0.15) is 0 Å². The topological polar surface area (TPSA) is 8.17 Å². The first-order valence-corrected chi connectivity index (χ1v) is 20.3. The maximum absolute atomic E-state index is 2.46. The SMILES string of the molecule is c1cc(-c2ccc3c4ccccc4n(-c4ccc5sc6ccc7ccccc7c6c5c4)c3c2)cc(N(c2cccc3ccccc23)c2cccc3ccccc23)c1. The van der Waals surface area contributed by atoms with E-state index < -0.39 is 0 Å². The summed E-state index contributed by atoms with van der Waals surface area (Å²) >= 11 is 1.88. The quantitative estimate of drug-likeness (QED) is 0.170. The Hall–Kier alpha value is -7.20. The predicted molar refractivity (Wildman–Crippen MR) is 246 cm³/mol. The molecule has 0 saturated heterocycles. The smallest absolute Gasteiger partial charge is 0.0547 e. The maximum Gasteiger partial charge on any atom is 0.0547 e. The van der Waals surface area contributed by atoms with Crippen molar-refractivity contribution in [2.45, 2.75) is 0 Å². The molecule has 0 atom stereocenters. The summed E-state index contributed by atoms with van der Waals surface area (Å²) in [6.07, 6.45) is 0. The molecule has 3 heteroatoms. The third-order valence-corrected chi connectivity index (χ3v) is 12.9. The highest BCUT2D eigenvalue weighted by Gasteiger charge is 2.20. The van der Waals surface area contributed by atoms with E-state index in [0.29, 0.717) is 0 Å². The van der Waals surface area contributed by atoms with Crippen LogP contribution in [0.3, 0.4) is 0 Å². The van der Waals surface area contributed by atoms with E-state index in [1.54, 1.807) is 0 Å². The van der Waals surface area contributed by atoms with Gasteiger partial charge in [0.15, 0.2) is 0 Å². The van der Waals surface area contributed by atoms with Crippen molar-refractivity contribution in [1.82, 2.24) is 4.57 Å². The molecule has 2 aromatic heterocycles. The van der Waals surface area contributed by atoms with Crippen LogP contribution in [0.25, 0.3) is 91.1 Å². The number of thiophene rings is 1. The molecule has 0 amide bonds. The number of rotatable bonds is 5. The van der Waals surface area contributed by atoms with Crippen molar-refractivity contribution in [2.24, 2.45) is 0 Å². The van der Waals surface area contributed by atoms with Crippen LogP contribution in [0.15, 0.2) is 206 Å². The molecule has 57 heavy (non-hydrogen) atoms. The molecule has 0 N–H and O–H groups in total. The van der Waals surface area contributed by atoms with Gasteiger partial charge in [-0.15, -0.1) is 11.3 Å². The molecule has 0 aliphatic heterocycles. The summed E-state index contributed by atoms with van der Waals surface area (Å²) in [6, 6.07) is 75.8. The highest BCUT2D eigenvalue weighted by molar-refractivity contribution is 7.26. The fraction of sp³-hybridized carbons (Fsp3) is 0. The highest BCUT2D eigenvalue weighted by atomic mass is 32.1. The highest BCUT2D eigenvalue weighted by Crippen LogP contribution is 2.44. The molecule has 0 radical (unpaired) electrons. The van der Waals surface area contributed by atoms with E-state index in [-0.39, 0.29) is 0 Å². The summed E-state index contributed by atoms with van der Waals surface area (Å²) in [5.41, 5.74) is 9.35. The van der Waals surface area contributed by atoms with Gasteiger partial charge in [-0.25, -0.2) is 0 Å². The molecule has 266 valence electrons. The number of aromatic nitrogens is 1. The van der Waals surface area contributed by atoms with Gasteiger partial charge >= 0.3 is 0 Å². The second-order valence-electron chi connectivity index (χ2n) is 14.9. The number of para-hydroxylation sites is 1. The molecule has 12 aromatic rings. The minimum Gasteiger partial charge on any atom is -0.309 e. The minimum absolute atomic E-state index is 1.11. The molecular formula is C54H34N2S. The second kappa shape index (κ2) is 12.7. The van der Waals surface area contributed by atoms with Crippen LogP contribution in [0, 0.1) is 0 Å². The summed E-state index contributed by atoms with van der Waals surface area (Å²) in [5.74, 6) is 0. The van der Waals surface area contributed by atoms with Gasteiger partial charge < -0.3 is 9.47 Å². The van der Waals surface area contributed by atoms with E-state index in [0.717, 1.165) is 17.1 Å². The van der Waals surface area contributed by atoms with Crippen LogP contribution in [0.2, 0.25) is 0 Å². The Balaban J connectivity index is 1.06. The molecule has 10 aromatic carbocycles.